The molecule has 16 heavy (non-hydrogen) atoms. The van der Waals surface area contributed by atoms with Gasteiger partial charge in [-0.15, -0.1) is 0 Å². The molecule has 1 aromatic heterocycles. The average molecular weight is 257 g/mol. The molecule has 2 rings (SSSR count). The van der Waals surface area contributed by atoms with Crippen molar-refractivity contribution in [3.63, 3.8) is 0 Å². The summed E-state index contributed by atoms with van der Waals surface area (Å²) in [7, 11) is 0. The number of imidazole rings is 1. The van der Waals surface area contributed by atoms with Crippen LogP contribution in [0.25, 0.3) is 0 Å². The molecule has 0 N–H and O–H groups in total. The summed E-state index contributed by atoms with van der Waals surface area (Å²) in [6.07, 6.45) is 3.76. The maximum absolute atomic E-state index is 11.5. The van der Waals surface area contributed by atoms with Gasteiger partial charge < -0.3 is 4.74 Å². The molecule has 0 amide bonds. The van der Waals surface area contributed by atoms with Crippen LogP contribution in [0.1, 0.15) is 0 Å². The Morgan fingerprint density at radius 3 is 2.75 bits per heavy atom. The van der Waals surface area contributed by atoms with Gasteiger partial charge in [-0.2, -0.15) is 0 Å². The lowest BCUT2D eigenvalue weighted by Gasteiger charge is -2.04. The predicted molar refractivity (Wildman–Crippen MR) is 60.1 cm³/mol. The van der Waals surface area contributed by atoms with Gasteiger partial charge in [0.15, 0.2) is 0 Å². The summed E-state index contributed by atoms with van der Waals surface area (Å²) in [6.45, 7) is 0. The number of carbonyl (C=O) groups is 1. The molecule has 82 valence electrons. The summed E-state index contributed by atoms with van der Waals surface area (Å²) in [6, 6.07) is 4.59. The van der Waals surface area contributed by atoms with Gasteiger partial charge in [-0.3, -0.25) is 0 Å². The van der Waals surface area contributed by atoms with Crippen LogP contribution >= 0.6 is 23.2 Å². The van der Waals surface area contributed by atoms with Crippen LogP contribution in [-0.2, 0) is 0 Å². The number of halogens is 2. The van der Waals surface area contributed by atoms with Crippen molar-refractivity contribution in [2.75, 3.05) is 0 Å². The predicted octanol–water partition coefficient (Wildman–Crippen LogP) is 3.24. The fraction of sp³-hybridized carbons (Fsp3) is 0. The van der Waals surface area contributed by atoms with Crippen molar-refractivity contribution in [1.82, 2.24) is 9.55 Å². The number of hydrogen-bond donors (Lipinski definition) is 0. The number of rotatable bonds is 1. The molecular weight excluding hydrogens is 251 g/mol. The van der Waals surface area contributed by atoms with E-state index in [4.69, 9.17) is 27.9 Å². The van der Waals surface area contributed by atoms with Gasteiger partial charge in [0.25, 0.3) is 0 Å². The van der Waals surface area contributed by atoms with Crippen molar-refractivity contribution < 1.29 is 9.53 Å². The van der Waals surface area contributed by atoms with Gasteiger partial charge in [-0.05, 0) is 12.1 Å². The minimum absolute atomic E-state index is 0.327. The summed E-state index contributed by atoms with van der Waals surface area (Å²) >= 11 is 11.5. The Balaban J connectivity index is 2.15. The van der Waals surface area contributed by atoms with Crippen LogP contribution in [0.15, 0.2) is 36.9 Å². The summed E-state index contributed by atoms with van der Waals surface area (Å²) in [4.78, 5) is 15.2. The fourth-order valence-corrected chi connectivity index (χ4v) is 1.35. The Hall–Kier alpha value is -1.52. The quantitative estimate of drug-likeness (QED) is 0.787. The standard InChI is InChI=1S/C10H6Cl2N2O2/c11-8-2-1-7(5-9(8)12)16-10(15)14-4-3-13-6-14/h1-6H. The monoisotopic (exact) mass is 256 g/mol. The fourth-order valence-electron chi connectivity index (χ4n) is 1.06. The topological polar surface area (TPSA) is 44.1 Å². The van der Waals surface area contributed by atoms with Gasteiger partial charge in [0.05, 0.1) is 10.0 Å². The molecular formula is C10H6Cl2N2O2. The molecule has 1 aromatic carbocycles. The summed E-state index contributed by atoms with van der Waals surface area (Å²) in [5.74, 6) is 0.327. The lowest BCUT2D eigenvalue weighted by atomic mass is 10.3. The third kappa shape index (κ3) is 2.35. The Kier molecular flexibility index (Phi) is 3.12. The number of benzene rings is 1. The van der Waals surface area contributed by atoms with E-state index in [0.29, 0.717) is 15.8 Å². The Bertz CT molecular complexity index is 512. The molecule has 0 unspecified atom stereocenters. The van der Waals surface area contributed by atoms with Gasteiger partial charge in [0.2, 0.25) is 0 Å². The van der Waals surface area contributed by atoms with Crippen molar-refractivity contribution in [3.05, 3.63) is 47.0 Å². The molecule has 0 aliphatic heterocycles. The number of nitrogens with zero attached hydrogens (tertiary/aromatic N) is 2. The molecule has 1 heterocycles. The third-order valence-corrected chi connectivity index (χ3v) is 2.55. The second kappa shape index (κ2) is 4.55. The first-order chi connectivity index (χ1) is 7.66. The van der Waals surface area contributed by atoms with E-state index in [0.717, 1.165) is 0 Å². The number of hydrogen-bond acceptors (Lipinski definition) is 3. The minimum atomic E-state index is -0.559. The zero-order valence-corrected chi connectivity index (χ0v) is 9.44. The zero-order chi connectivity index (χ0) is 11.5. The maximum atomic E-state index is 11.5. The highest BCUT2D eigenvalue weighted by Crippen LogP contribution is 2.26. The van der Waals surface area contributed by atoms with Gasteiger partial charge in [-0.25, -0.2) is 14.3 Å². The molecule has 0 fully saturated rings. The normalized spacial score (nSPS) is 10.1. The number of carbonyl (C=O) groups excluding carboxylic acids is 1. The second-order valence-electron chi connectivity index (χ2n) is 2.91. The third-order valence-electron chi connectivity index (χ3n) is 1.81. The second-order valence-corrected chi connectivity index (χ2v) is 3.73. The molecule has 4 nitrogen and oxygen atoms in total. The van der Waals surface area contributed by atoms with Crippen molar-refractivity contribution in [2.45, 2.75) is 0 Å². The summed E-state index contributed by atoms with van der Waals surface area (Å²) in [5, 5.41) is 0.738. The van der Waals surface area contributed by atoms with Crippen LogP contribution in [-0.4, -0.2) is 15.6 Å². The number of aromatic nitrogens is 2. The first-order valence-electron chi connectivity index (χ1n) is 4.32. The van der Waals surface area contributed by atoms with Crippen LogP contribution in [0.3, 0.4) is 0 Å². The van der Waals surface area contributed by atoms with Crippen molar-refractivity contribution in [1.29, 1.82) is 0 Å². The van der Waals surface area contributed by atoms with E-state index in [1.54, 1.807) is 12.1 Å². The highest BCUT2D eigenvalue weighted by molar-refractivity contribution is 6.42. The SMILES string of the molecule is O=C(Oc1ccc(Cl)c(Cl)c1)n1ccnc1. The van der Waals surface area contributed by atoms with Crippen LogP contribution in [0, 0.1) is 0 Å². The Labute approximate surface area is 101 Å². The molecule has 0 radical (unpaired) electrons. The first-order valence-corrected chi connectivity index (χ1v) is 5.07. The smallest absolute Gasteiger partial charge is 0.410 e. The minimum Gasteiger partial charge on any atom is -0.410 e. The highest BCUT2D eigenvalue weighted by Gasteiger charge is 2.07. The van der Waals surface area contributed by atoms with E-state index in [2.05, 4.69) is 4.98 Å². The Morgan fingerprint density at radius 1 is 1.31 bits per heavy atom. The molecule has 0 spiro atoms. The van der Waals surface area contributed by atoms with Crippen LogP contribution < -0.4 is 4.74 Å². The Morgan fingerprint density at radius 2 is 2.12 bits per heavy atom. The van der Waals surface area contributed by atoms with Crippen LogP contribution in [0.4, 0.5) is 4.79 Å². The molecule has 0 aliphatic rings. The summed E-state index contributed by atoms with van der Waals surface area (Å²) < 4.78 is 6.25. The van der Waals surface area contributed by atoms with Crippen molar-refractivity contribution in [2.24, 2.45) is 0 Å². The zero-order valence-electron chi connectivity index (χ0n) is 7.93. The van der Waals surface area contributed by atoms with E-state index in [1.807, 2.05) is 0 Å². The average Bonchev–Trinajstić information content (AvgIpc) is 2.77. The van der Waals surface area contributed by atoms with E-state index in [-0.39, 0.29) is 0 Å². The lowest BCUT2D eigenvalue weighted by Crippen LogP contribution is -2.14. The maximum Gasteiger partial charge on any atom is 0.424 e. The van der Waals surface area contributed by atoms with E-state index in [1.165, 1.54) is 29.4 Å². The molecule has 0 atom stereocenters. The van der Waals surface area contributed by atoms with Crippen LogP contribution in [0.5, 0.6) is 5.75 Å². The lowest BCUT2D eigenvalue weighted by molar-refractivity contribution is 0.202. The molecule has 0 aliphatic carbocycles. The summed E-state index contributed by atoms with van der Waals surface area (Å²) in [5.41, 5.74) is 0. The van der Waals surface area contributed by atoms with E-state index in [9.17, 15) is 4.79 Å². The van der Waals surface area contributed by atoms with Gasteiger partial charge in [-0.1, -0.05) is 23.2 Å². The largest absolute Gasteiger partial charge is 0.424 e. The van der Waals surface area contributed by atoms with Crippen LogP contribution in [0.2, 0.25) is 10.0 Å². The number of ether oxygens (including phenoxy) is 1. The molecule has 2 aromatic rings. The highest BCUT2D eigenvalue weighted by atomic mass is 35.5. The molecule has 0 saturated carbocycles. The van der Waals surface area contributed by atoms with Crippen molar-refractivity contribution >= 4 is 29.3 Å². The van der Waals surface area contributed by atoms with E-state index >= 15 is 0 Å². The van der Waals surface area contributed by atoms with E-state index < -0.39 is 6.09 Å². The molecule has 0 bridgehead atoms. The van der Waals surface area contributed by atoms with Gasteiger partial charge >= 0.3 is 6.09 Å². The van der Waals surface area contributed by atoms with Gasteiger partial charge in [0, 0.05) is 18.5 Å². The van der Waals surface area contributed by atoms with Gasteiger partial charge in [0.1, 0.15) is 12.1 Å². The first kappa shape index (κ1) is 11.0. The van der Waals surface area contributed by atoms with Crippen molar-refractivity contribution in [3.8, 4) is 5.75 Å². The molecule has 6 heteroatoms. The molecule has 0 saturated heterocycles.